The van der Waals surface area contributed by atoms with Crippen molar-refractivity contribution < 1.29 is 14.6 Å². The van der Waals surface area contributed by atoms with E-state index < -0.39 is 6.10 Å². The molecule has 0 saturated carbocycles. The van der Waals surface area contributed by atoms with Crippen LogP contribution >= 0.6 is 23.2 Å². The Morgan fingerprint density at radius 1 is 1.29 bits per heavy atom. The van der Waals surface area contributed by atoms with Crippen molar-refractivity contribution in [2.75, 3.05) is 7.11 Å². The summed E-state index contributed by atoms with van der Waals surface area (Å²) in [6.07, 6.45) is 0.826. The lowest BCUT2D eigenvalue weighted by molar-refractivity contribution is -0.148. The molecule has 5 atom stereocenters. The van der Waals surface area contributed by atoms with Crippen molar-refractivity contribution in [3.05, 3.63) is 33.8 Å². The smallest absolute Gasteiger partial charge is 0.310 e. The number of rotatable bonds is 2. The van der Waals surface area contributed by atoms with Crippen LogP contribution in [-0.2, 0) is 9.53 Å². The molecule has 2 aliphatic heterocycles. The Labute approximate surface area is 133 Å². The number of carbonyl (C=O) groups is 1. The maximum absolute atomic E-state index is 12.2. The molecule has 114 valence electrons. The number of ether oxygens (including phenoxy) is 1. The van der Waals surface area contributed by atoms with Gasteiger partial charge in [-0.3, -0.25) is 4.79 Å². The van der Waals surface area contributed by atoms with Gasteiger partial charge in [0.1, 0.15) is 0 Å². The minimum Gasteiger partial charge on any atom is -0.469 e. The van der Waals surface area contributed by atoms with Crippen LogP contribution in [-0.4, -0.2) is 36.4 Å². The number of esters is 1. The highest BCUT2D eigenvalue weighted by Gasteiger charge is 2.49. The van der Waals surface area contributed by atoms with Crippen molar-refractivity contribution in [2.45, 2.75) is 36.9 Å². The molecule has 2 heterocycles. The molecular weight excluding hydrogens is 313 g/mol. The first-order valence-electron chi connectivity index (χ1n) is 6.98. The van der Waals surface area contributed by atoms with E-state index in [9.17, 15) is 9.90 Å². The highest BCUT2D eigenvalue weighted by atomic mass is 35.5. The highest BCUT2D eigenvalue weighted by Crippen LogP contribution is 2.43. The van der Waals surface area contributed by atoms with Crippen molar-refractivity contribution in [3.8, 4) is 0 Å². The molecule has 2 saturated heterocycles. The summed E-state index contributed by atoms with van der Waals surface area (Å²) in [4.78, 5) is 12.2. The maximum atomic E-state index is 12.2. The Morgan fingerprint density at radius 3 is 2.71 bits per heavy atom. The van der Waals surface area contributed by atoms with E-state index >= 15 is 0 Å². The van der Waals surface area contributed by atoms with E-state index in [0.29, 0.717) is 22.9 Å². The van der Waals surface area contributed by atoms with E-state index in [1.165, 1.54) is 7.11 Å². The Morgan fingerprint density at radius 2 is 2.05 bits per heavy atom. The molecule has 0 spiro atoms. The summed E-state index contributed by atoms with van der Waals surface area (Å²) in [7, 11) is 1.39. The first-order chi connectivity index (χ1) is 10.0. The van der Waals surface area contributed by atoms with Crippen LogP contribution < -0.4 is 5.32 Å². The average Bonchev–Trinajstić information content (AvgIpc) is 2.76. The lowest BCUT2D eigenvalue weighted by Gasteiger charge is -2.36. The number of hydrogen-bond donors (Lipinski definition) is 2. The van der Waals surface area contributed by atoms with Crippen molar-refractivity contribution in [3.63, 3.8) is 0 Å². The van der Waals surface area contributed by atoms with E-state index in [1.54, 1.807) is 6.07 Å². The fourth-order valence-electron chi connectivity index (χ4n) is 3.61. The SMILES string of the molecule is COC(=O)[C@@H]1C2CC(O)C(C[C@H]1c1ccc(Cl)c(Cl)c1)N2. The van der Waals surface area contributed by atoms with Crippen LogP contribution in [0.5, 0.6) is 0 Å². The summed E-state index contributed by atoms with van der Waals surface area (Å²) in [6.45, 7) is 0. The number of halogens is 2. The van der Waals surface area contributed by atoms with Crippen LogP contribution in [0.1, 0.15) is 24.3 Å². The second-order valence-electron chi connectivity index (χ2n) is 5.75. The predicted octanol–water partition coefficient (Wildman–Crippen LogP) is 2.36. The van der Waals surface area contributed by atoms with Crippen molar-refractivity contribution in [2.24, 2.45) is 5.92 Å². The van der Waals surface area contributed by atoms with E-state index in [-0.39, 0.29) is 29.9 Å². The average molecular weight is 330 g/mol. The number of aliphatic hydroxyl groups is 1. The van der Waals surface area contributed by atoms with Gasteiger partial charge in [0, 0.05) is 18.0 Å². The standard InChI is InChI=1S/C15H17Cl2NO3/c1-21-15(20)14-8(5-11-13(19)6-12(14)18-11)7-2-3-9(16)10(17)4-7/h2-4,8,11-14,18-19H,5-6H2,1H3/t8-,11?,12?,13?,14-/m0/s1. The molecule has 0 amide bonds. The van der Waals surface area contributed by atoms with Gasteiger partial charge in [0.15, 0.2) is 0 Å². The van der Waals surface area contributed by atoms with E-state index in [4.69, 9.17) is 27.9 Å². The van der Waals surface area contributed by atoms with Gasteiger partial charge in [-0.25, -0.2) is 0 Å². The Kier molecular flexibility index (Phi) is 4.14. The van der Waals surface area contributed by atoms with Crippen molar-refractivity contribution in [1.29, 1.82) is 0 Å². The lowest BCUT2D eigenvalue weighted by Crippen LogP contribution is -2.49. The zero-order chi connectivity index (χ0) is 15.1. The molecule has 1 aromatic rings. The number of fused-ring (bicyclic) bond motifs is 2. The molecule has 2 fully saturated rings. The Balaban J connectivity index is 1.97. The minimum absolute atomic E-state index is 0.00959. The van der Waals surface area contributed by atoms with Crippen LogP contribution in [0.3, 0.4) is 0 Å². The second-order valence-corrected chi connectivity index (χ2v) is 6.56. The van der Waals surface area contributed by atoms with Gasteiger partial charge in [-0.2, -0.15) is 0 Å². The summed E-state index contributed by atoms with van der Waals surface area (Å²) in [5.74, 6) is -0.600. The molecule has 0 radical (unpaired) electrons. The Hall–Kier alpha value is -0.810. The van der Waals surface area contributed by atoms with Crippen LogP contribution in [0.4, 0.5) is 0 Å². The fourth-order valence-corrected chi connectivity index (χ4v) is 3.91. The minimum atomic E-state index is -0.421. The molecule has 2 N–H and O–H groups in total. The zero-order valence-electron chi connectivity index (χ0n) is 11.6. The third-order valence-electron chi connectivity index (χ3n) is 4.61. The normalized spacial score (nSPS) is 34.8. The molecule has 0 aromatic heterocycles. The molecule has 3 rings (SSSR count). The van der Waals surface area contributed by atoms with E-state index in [1.807, 2.05) is 12.1 Å². The Bertz CT molecular complexity index is 564. The monoisotopic (exact) mass is 329 g/mol. The van der Waals surface area contributed by atoms with Gasteiger partial charge in [-0.1, -0.05) is 29.3 Å². The van der Waals surface area contributed by atoms with Gasteiger partial charge < -0.3 is 15.2 Å². The van der Waals surface area contributed by atoms with Crippen LogP contribution in [0.25, 0.3) is 0 Å². The summed E-state index contributed by atoms with van der Waals surface area (Å²) in [5.41, 5.74) is 0.963. The summed E-state index contributed by atoms with van der Waals surface area (Å²) in [6, 6.07) is 5.39. The molecular formula is C15H17Cl2NO3. The third kappa shape index (κ3) is 2.66. The number of hydrogen-bond acceptors (Lipinski definition) is 4. The van der Waals surface area contributed by atoms with Crippen LogP contribution in [0.15, 0.2) is 18.2 Å². The lowest BCUT2D eigenvalue weighted by atomic mass is 9.77. The van der Waals surface area contributed by atoms with Gasteiger partial charge in [-0.05, 0) is 30.5 Å². The van der Waals surface area contributed by atoms with Gasteiger partial charge in [0.25, 0.3) is 0 Å². The van der Waals surface area contributed by atoms with E-state index in [0.717, 1.165) is 5.56 Å². The summed E-state index contributed by atoms with van der Waals surface area (Å²) < 4.78 is 4.96. The van der Waals surface area contributed by atoms with E-state index in [2.05, 4.69) is 5.32 Å². The molecule has 3 unspecified atom stereocenters. The predicted molar refractivity (Wildman–Crippen MR) is 80.7 cm³/mol. The third-order valence-corrected chi connectivity index (χ3v) is 5.35. The quantitative estimate of drug-likeness (QED) is 0.818. The van der Waals surface area contributed by atoms with Gasteiger partial charge in [0.2, 0.25) is 0 Å². The number of benzene rings is 1. The summed E-state index contributed by atoms with van der Waals surface area (Å²) >= 11 is 12.1. The van der Waals surface area contributed by atoms with Crippen molar-refractivity contribution >= 4 is 29.2 Å². The molecule has 2 aliphatic rings. The molecule has 0 aliphatic carbocycles. The topological polar surface area (TPSA) is 58.6 Å². The zero-order valence-corrected chi connectivity index (χ0v) is 13.1. The van der Waals surface area contributed by atoms with Crippen molar-refractivity contribution in [1.82, 2.24) is 5.32 Å². The van der Waals surface area contributed by atoms with Gasteiger partial charge >= 0.3 is 5.97 Å². The second kappa shape index (κ2) is 5.76. The largest absolute Gasteiger partial charge is 0.469 e. The fraction of sp³-hybridized carbons (Fsp3) is 0.533. The number of methoxy groups -OCH3 is 1. The number of aliphatic hydroxyl groups excluding tert-OH is 1. The number of carbonyl (C=O) groups excluding carboxylic acids is 1. The molecule has 21 heavy (non-hydrogen) atoms. The van der Waals surface area contributed by atoms with Gasteiger partial charge in [0.05, 0.1) is 29.2 Å². The number of nitrogens with one attached hydrogen (secondary N) is 1. The van der Waals surface area contributed by atoms with Gasteiger partial charge in [-0.15, -0.1) is 0 Å². The maximum Gasteiger partial charge on any atom is 0.310 e. The molecule has 4 nitrogen and oxygen atoms in total. The number of piperidine rings is 1. The molecule has 2 bridgehead atoms. The first-order valence-corrected chi connectivity index (χ1v) is 7.73. The highest BCUT2D eigenvalue weighted by molar-refractivity contribution is 6.42. The summed E-state index contributed by atoms with van der Waals surface area (Å²) in [5, 5.41) is 14.4. The molecule has 6 heteroatoms. The van der Waals surface area contributed by atoms with Crippen LogP contribution in [0, 0.1) is 5.92 Å². The first kappa shape index (κ1) is 15.1. The van der Waals surface area contributed by atoms with Crippen LogP contribution in [0.2, 0.25) is 10.0 Å². The molecule has 1 aromatic carbocycles.